The van der Waals surface area contributed by atoms with Crippen molar-refractivity contribution in [2.75, 3.05) is 0 Å². The monoisotopic (exact) mass is 166 g/mol. The Hall–Kier alpha value is -0.850. The molecule has 0 fully saturated rings. The highest BCUT2D eigenvalue weighted by Crippen LogP contribution is 2.23. The van der Waals surface area contributed by atoms with Crippen LogP contribution in [0.5, 0.6) is 0 Å². The highest BCUT2D eigenvalue weighted by Gasteiger charge is 2.07. The Balaban J connectivity index is 3.28. The third kappa shape index (κ3) is 1.66. The minimum absolute atomic E-state index is 0.130. The van der Waals surface area contributed by atoms with Crippen LogP contribution in [0.15, 0.2) is 12.1 Å². The summed E-state index contributed by atoms with van der Waals surface area (Å²) in [6, 6.07) is 3.20. The second-order valence-corrected chi connectivity index (χ2v) is 3.61. The van der Waals surface area contributed by atoms with Gasteiger partial charge in [0.2, 0.25) is 0 Å². The summed E-state index contributed by atoms with van der Waals surface area (Å²) in [5.41, 5.74) is 3.39. The maximum absolute atomic E-state index is 12.9. The van der Waals surface area contributed by atoms with Gasteiger partial charge in [0.15, 0.2) is 0 Å². The van der Waals surface area contributed by atoms with Crippen molar-refractivity contribution in [2.24, 2.45) is 0 Å². The van der Waals surface area contributed by atoms with E-state index in [-0.39, 0.29) is 5.82 Å². The van der Waals surface area contributed by atoms with E-state index in [1.807, 2.05) is 13.8 Å². The fourth-order valence-corrected chi connectivity index (χ4v) is 1.83. The van der Waals surface area contributed by atoms with Crippen molar-refractivity contribution in [3.8, 4) is 0 Å². The Bertz CT molecular complexity index is 264. The Morgan fingerprint density at radius 3 is 1.83 bits per heavy atom. The lowest BCUT2D eigenvalue weighted by Gasteiger charge is -2.13. The van der Waals surface area contributed by atoms with Gasteiger partial charge in [-0.3, -0.25) is 0 Å². The third-order valence-corrected chi connectivity index (χ3v) is 2.14. The van der Waals surface area contributed by atoms with Crippen molar-refractivity contribution < 1.29 is 4.39 Å². The van der Waals surface area contributed by atoms with Crippen molar-refractivity contribution in [3.63, 3.8) is 0 Å². The molecule has 0 nitrogen and oxygen atoms in total. The van der Waals surface area contributed by atoms with Crippen molar-refractivity contribution >= 4 is 0 Å². The van der Waals surface area contributed by atoms with E-state index in [4.69, 9.17) is 0 Å². The van der Waals surface area contributed by atoms with Gasteiger partial charge in [-0.05, 0) is 48.6 Å². The lowest BCUT2D eigenvalue weighted by atomic mass is 9.93. The SMILES string of the molecule is Cc1cc(F)cc(C)c1C(C)C. The van der Waals surface area contributed by atoms with Crippen molar-refractivity contribution in [1.29, 1.82) is 0 Å². The summed E-state index contributed by atoms with van der Waals surface area (Å²) in [5.74, 6) is 0.347. The van der Waals surface area contributed by atoms with E-state index in [1.165, 1.54) is 5.56 Å². The summed E-state index contributed by atoms with van der Waals surface area (Å²) >= 11 is 0. The number of halogens is 1. The Kier molecular flexibility index (Phi) is 2.51. The average Bonchev–Trinajstić information content (AvgIpc) is 1.82. The molecule has 0 radical (unpaired) electrons. The van der Waals surface area contributed by atoms with Gasteiger partial charge in [0.05, 0.1) is 0 Å². The molecule has 0 N–H and O–H groups in total. The molecule has 0 heterocycles. The summed E-state index contributed by atoms with van der Waals surface area (Å²) in [5, 5.41) is 0. The van der Waals surface area contributed by atoms with Crippen molar-refractivity contribution in [2.45, 2.75) is 33.6 Å². The van der Waals surface area contributed by atoms with Gasteiger partial charge in [0.1, 0.15) is 5.82 Å². The zero-order valence-electron chi connectivity index (χ0n) is 8.11. The predicted molar refractivity (Wildman–Crippen MR) is 50.0 cm³/mol. The van der Waals surface area contributed by atoms with Gasteiger partial charge in [-0.25, -0.2) is 4.39 Å². The topological polar surface area (TPSA) is 0 Å². The van der Waals surface area contributed by atoms with Crippen molar-refractivity contribution in [1.82, 2.24) is 0 Å². The lowest BCUT2D eigenvalue weighted by Crippen LogP contribution is -1.97. The standard InChI is InChI=1S/C11H15F/c1-7(2)11-8(3)5-10(12)6-9(11)4/h5-7H,1-4H3. The van der Waals surface area contributed by atoms with E-state index >= 15 is 0 Å². The predicted octanol–water partition coefficient (Wildman–Crippen LogP) is 3.57. The van der Waals surface area contributed by atoms with Crippen LogP contribution in [0.2, 0.25) is 0 Å². The molecule has 0 saturated heterocycles. The molecule has 0 saturated carbocycles. The average molecular weight is 166 g/mol. The van der Waals surface area contributed by atoms with Gasteiger partial charge in [-0.15, -0.1) is 0 Å². The first-order valence-electron chi connectivity index (χ1n) is 4.29. The second kappa shape index (κ2) is 3.26. The molecule has 0 spiro atoms. The first-order chi connectivity index (χ1) is 5.52. The van der Waals surface area contributed by atoms with E-state index in [1.54, 1.807) is 12.1 Å². The van der Waals surface area contributed by atoms with Gasteiger partial charge in [-0.2, -0.15) is 0 Å². The fourth-order valence-electron chi connectivity index (χ4n) is 1.83. The van der Waals surface area contributed by atoms with E-state index in [0.29, 0.717) is 5.92 Å². The van der Waals surface area contributed by atoms with Crippen LogP contribution in [-0.4, -0.2) is 0 Å². The molecular weight excluding hydrogens is 151 g/mol. The molecule has 1 rings (SSSR count). The molecule has 12 heavy (non-hydrogen) atoms. The molecule has 0 unspecified atom stereocenters. The largest absolute Gasteiger partial charge is 0.207 e. The van der Waals surface area contributed by atoms with Crippen LogP contribution in [0.25, 0.3) is 0 Å². The van der Waals surface area contributed by atoms with E-state index in [2.05, 4.69) is 13.8 Å². The summed E-state index contributed by atoms with van der Waals surface area (Å²) in [6.07, 6.45) is 0. The molecule has 0 aliphatic carbocycles. The number of benzene rings is 1. The quantitative estimate of drug-likeness (QED) is 0.598. The number of rotatable bonds is 1. The number of hydrogen-bond acceptors (Lipinski definition) is 0. The molecule has 1 aromatic carbocycles. The molecule has 1 heteroatoms. The zero-order chi connectivity index (χ0) is 9.30. The molecule has 1 aromatic rings. The van der Waals surface area contributed by atoms with Crippen LogP contribution >= 0.6 is 0 Å². The van der Waals surface area contributed by atoms with Crippen LogP contribution in [0.1, 0.15) is 36.5 Å². The molecule has 0 bridgehead atoms. The third-order valence-electron chi connectivity index (χ3n) is 2.14. The number of aryl methyl sites for hydroxylation is 2. The zero-order valence-corrected chi connectivity index (χ0v) is 8.11. The first kappa shape index (κ1) is 9.24. The normalized spacial score (nSPS) is 10.8. The maximum Gasteiger partial charge on any atom is 0.123 e. The van der Waals surface area contributed by atoms with Crippen LogP contribution in [0, 0.1) is 19.7 Å². The highest BCUT2D eigenvalue weighted by atomic mass is 19.1. The van der Waals surface area contributed by atoms with Gasteiger partial charge in [0.25, 0.3) is 0 Å². The summed E-state index contributed by atoms with van der Waals surface area (Å²) < 4.78 is 12.9. The molecule has 0 amide bonds. The number of hydrogen-bond donors (Lipinski definition) is 0. The van der Waals surface area contributed by atoms with Gasteiger partial charge in [-0.1, -0.05) is 13.8 Å². The minimum Gasteiger partial charge on any atom is -0.207 e. The Morgan fingerprint density at radius 1 is 1.08 bits per heavy atom. The summed E-state index contributed by atoms with van der Waals surface area (Å²) in [6.45, 7) is 8.19. The smallest absolute Gasteiger partial charge is 0.123 e. The maximum atomic E-state index is 12.9. The van der Waals surface area contributed by atoms with Crippen molar-refractivity contribution in [3.05, 3.63) is 34.6 Å². The van der Waals surface area contributed by atoms with Crippen LogP contribution in [0.3, 0.4) is 0 Å². The minimum atomic E-state index is -0.130. The second-order valence-electron chi connectivity index (χ2n) is 3.61. The van der Waals surface area contributed by atoms with Crippen LogP contribution in [0.4, 0.5) is 4.39 Å². The van der Waals surface area contributed by atoms with E-state index in [0.717, 1.165) is 11.1 Å². The van der Waals surface area contributed by atoms with Gasteiger partial charge in [0, 0.05) is 0 Å². The Morgan fingerprint density at radius 2 is 1.50 bits per heavy atom. The molecule has 0 atom stereocenters. The molecule has 0 aromatic heterocycles. The van der Waals surface area contributed by atoms with E-state index in [9.17, 15) is 4.39 Å². The van der Waals surface area contributed by atoms with Crippen LogP contribution < -0.4 is 0 Å². The van der Waals surface area contributed by atoms with E-state index < -0.39 is 0 Å². The van der Waals surface area contributed by atoms with Gasteiger partial charge >= 0.3 is 0 Å². The molecule has 0 aliphatic rings. The summed E-state index contributed by atoms with van der Waals surface area (Å²) in [7, 11) is 0. The lowest BCUT2D eigenvalue weighted by molar-refractivity contribution is 0.623. The van der Waals surface area contributed by atoms with Gasteiger partial charge < -0.3 is 0 Å². The summed E-state index contributed by atoms with van der Waals surface area (Å²) in [4.78, 5) is 0. The molecular formula is C11H15F. The first-order valence-corrected chi connectivity index (χ1v) is 4.29. The highest BCUT2D eigenvalue weighted by molar-refractivity contribution is 5.36. The molecule has 0 aliphatic heterocycles. The van der Waals surface area contributed by atoms with Crippen LogP contribution in [-0.2, 0) is 0 Å². The Labute approximate surface area is 73.4 Å². The molecule has 66 valence electrons. The fraction of sp³-hybridized carbons (Fsp3) is 0.455.